The summed E-state index contributed by atoms with van der Waals surface area (Å²) in [6.07, 6.45) is 7.13. The first-order valence-corrected chi connectivity index (χ1v) is 6.85. The van der Waals surface area contributed by atoms with Crippen LogP contribution in [0.3, 0.4) is 0 Å². The van der Waals surface area contributed by atoms with E-state index in [1.54, 1.807) is 14.2 Å². The average molecular weight is 237 g/mol. The molecule has 1 saturated carbocycles. The molecule has 3 nitrogen and oxygen atoms in total. The van der Waals surface area contributed by atoms with Crippen LogP contribution in [0.15, 0.2) is 6.20 Å². The van der Waals surface area contributed by atoms with Gasteiger partial charge in [-0.1, -0.05) is 12.8 Å². The highest BCUT2D eigenvalue weighted by molar-refractivity contribution is 6.32. The minimum absolute atomic E-state index is 0.610. The Balaban J connectivity index is 2.43. The standard InChI is InChI=1S/C12H19NO2Si/c1-14-10-9(8-5-3-4-6-8)7-13-12(16)11(10)15-2/h7-8H,3-6H2,1-2,16H3. The number of methoxy groups -OCH3 is 2. The van der Waals surface area contributed by atoms with Gasteiger partial charge in [0.2, 0.25) is 0 Å². The van der Waals surface area contributed by atoms with Crippen molar-refractivity contribution < 1.29 is 9.47 Å². The summed E-state index contributed by atoms with van der Waals surface area (Å²) in [5.41, 5.74) is 1.23. The molecule has 4 heteroatoms. The maximum Gasteiger partial charge on any atom is 0.176 e. The first-order valence-electron chi connectivity index (χ1n) is 5.85. The molecule has 1 aromatic heterocycles. The molecule has 1 aliphatic rings. The van der Waals surface area contributed by atoms with Gasteiger partial charge < -0.3 is 9.47 Å². The van der Waals surface area contributed by atoms with Crippen molar-refractivity contribution in [1.82, 2.24) is 4.98 Å². The second-order valence-corrected chi connectivity index (χ2v) is 5.29. The lowest BCUT2D eigenvalue weighted by Crippen LogP contribution is -2.15. The van der Waals surface area contributed by atoms with Crippen molar-refractivity contribution in [3.8, 4) is 11.5 Å². The highest BCUT2D eigenvalue weighted by Crippen LogP contribution is 2.41. The molecule has 0 spiro atoms. The summed E-state index contributed by atoms with van der Waals surface area (Å²) >= 11 is 0. The normalized spacial score (nSPS) is 16.6. The van der Waals surface area contributed by atoms with Gasteiger partial charge in [-0.2, -0.15) is 0 Å². The van der Waals surface area contributed by atoms with Gasteiger partial charge in [-0.25, -0.2) is 0 Å². The van der Waals surface area contributed by atoms with Gasteiger partial charge in [-0.05, 0) is 18.8 Å². The lowest BCUT2D eigenvalue weighted by molar-refractivity contribution is 0.350. The Hall–Kier alpha value is -1.03. The van der Waals surface area contributed by atoms with Gasteiger partial charge in [0.1, 0.15) is 0 Å². The molecular weight excluding hydrogens is 218 g/mol. The zero-order valence-electron chi connectivity index (χ0n) is 10.2. The van der Waals surface area contributed by atoms with E-state index in [4.69, 9.17) is 9.47 Å². The van der Waals surface area contributed by atoms with Crippen LogP contribution in [-0.2, 0) is 0 Å². The maximum atomic E-state index is 5.52. The largest absolute Gasteiger partial charge is 0.492 e. The van der Waals surface area contributed by atoms with Crippen molar-refractivity contribution in [1.29, 1.82) is 0 Å². The van der Waals surface area contributed by atoms with Gasteiger partial charge in [0.15, 0.2) is 11.5 Å². The summed E-state index contributed by atoms with van der Waals surface area (Å²) in [5, 5.41) is 1.03. The first kappa shape index (κ1) is 11.5. The summed E-state index contributed by atoms with van der Waals surface area (Å²) < 4.78 is 10.9. The molecular formula is C12H19NO2Si. The molecule has 1 heterocycles. The number of pyridine rings is 1. The Labute approximate surface area is 99.6 Å². The molecule has 0 aromatic carbocycles. The Morgan fingerprint density at radius 3 is 2.38 bits per heavy atom. The van der Waals surface area contributed by atoms with E-state index in [9.17, 15) is 0 Å². The molecule has 88 valence electrons. The van der Waals surface area contributed by atoms with Gasteiger partial charge in [0.25, 0.3) is 0 Å². The summed E-state index contributed by atoms with van der Waals surface area (Å²) in [6.45, 7) is 0. The van der Waals surface area contributed by atoms with Gasteiger partial charge in [-0.15, -0.1) is 0 Å². The molecule has 0 bridgehead atoms. The maximum absolute atomic E-state index is 5.52. The summed E-state index contributed by atoms with van der Waals surface area (Å²) in [5.74, 6) is 2.37. The fourth-order valence-corrected chi connectivity index (χ4v) is 3.12. The van der Waals surface area contributed by atoms with Crippen LogP contribution in [0.5, 0.6) is 11.5 Å². The number of nitrogens with zero attached hydrogens (tertiary/aromatic N) is 1. The fourth-order valence-electron chi connectivity index (χ4n) is 2.56. The zero-order valence-corrected chi connectivity index (χ0v) is 12.2. The number of hydrogen-bond acceptors (Lipinski definition) is 3. The summed E-state index contributed by atoms with van der Waals surface area (Å²) in [7, 11) is 4.30. The van der Waals surface area contributed by atoms with Crippen LogP contribution < -0.4 is 14.8 Å². The lowest BCUT2D eigenvalue weighted by Gasteiger charge is -2.17. The van der Waals surface area contributed by atoms with E-state index in [0.29, 0.717) is 5.92 Å². The van der Waals surface area contributed by atoms with Crippen LogP contribution in [0.4, 0.5) is 0 Å². The quantitative estimate of drug-likeness (QED) is 0.727. The molecule has 2 rings (SSSR count). The Kier molecular flexibility index (Phi) is 3.48. The molecule has 16 heavy (non-hydrogen) atoms. The first-order chi connectivity index (χ1) is 7.77. The molecule has 0 radical (unpaired) electrons. The van der Waals surface area contributed by atoms with E-state index in [1.807, 2.05) is 6.20 Å². The zero-order chi connectivity index (χ0) is 11.5. The predicted molar refractivity (Wildman–Crippen MR) is 68.1 cm³/mol. The number of rotatable bonds is 3. The van der Waals surface area contributed by atoms with Gasteiger partial charge >= 0.3 is 0 Å². The van der Waals surface area contributed by atoms with Gasteiger partial charge in [-0.3, -0.25) is 4.98 Å². The number of ether oxygens (including phenoxy) is 2. The second-order valence-electron chi connectivity index (χ2n) is 4.35. The van der Waals surface area contributed by atoms with Crippen LogP contribution in [0.25, 0.3) is 0 Å². The third-order valence-corrected chi connectivity index (χ3v) is 4.11. The highest BCUT2D eigenvalue weighted by atomic mass is 28.1. The minimum Gasteiger partial charge on any atom is -0.492 e. The Bertz CT molecular complexity index is 376. The van der Waals surface area contributed by atoms with Crippen molar-refractivity contribution in [2.45, 2.75) is 31.6 Å². The van der Waals surface area contributed by atoms with E-state index in [1.165, 1.54) is 31.2 Å². The topological polar surface area (TPSA) is 31.4 Å². The SMILES string of the molecule is COc1c(C2CCCC2)cnc([SiH3])c1OC. The summed E-state index contributed by atoms with van der Waals surface area (Å²) in [6, 6.07) is 0. The van der Waals surface area contributed by atoms with E-state index in [-0.39, 0.29) is 0 Å². The number of aromatic nitrogens is 1. The predicted octanol–water partition coefficient (Wildman–Crippen LogP) is 0.747. The Morgan fingerprint density at radius 2 is 1.81 bits per heavy atom. The molecule has 0 amide bonds. The smallest absolute Gasteiger partial charge is 0.176 e. The van der Waals surface area contributed by atoms with E-state index >= 15 is 0 Å². The van der Waals surface area contributed by atoms with Crippen LogP contribution in [0, 0.1) is 0 Å². The Morgan fingerprint density at radius 1 is 1.19 bits per heavy atom. The lowest BCUT2D eigenvalue weighted by atomic mass is 9.98. The minimum atomic E-state index is 0.610. The van der Waals surface area contributed by atoms with Crippen molar-refractivity contribution in [3.63, 3.8) is 0 Å². The van der Waals surface area contributed by atoms with E-state index in [2.05, 4.69) is 4.98 Å². The van der Waals surface area contributed by atoms with Crippen molar-refractivity contribution in [2.75, 3.05) is 14.2 Å². The van der Waals surface area contributed by atoms with E-state index in [0.717, 1.165) is 27.1 Å². The number of hydrogen-bond donors (Lipinski definition) is 0. The molecule has 1 fully saturated rings. The van der Waals surface area contributed by atoms with Crippen molar-refractivity contribution in [3.05, 3.63) is 11.8 Å². The van der Waals surface area contributed by atoms with Crippen molar-refractivity contribution in [2.24, 2.45) is 0 Å². The second kappa shape index (κ2) is 4.87. The molecule has 0 saturated heterocycles. The van der Waals surface area contributed by atoms with Crippen LogP contribution >= 0.6 is 0 Å². The van der Waals surface area contributed by atoms with E-state index < -0.39 is 0 Å². The van der Waals surface area contributed by atoms with Gasteiger partial charge in [0, 0.05) is 11.8 Å². The monoisotopic (exact) mass is 237 g/mol. The molecule has 0 aliphatic heterocycles. The molecule has 0 N–H and O–H groups in total. The molecule has 1 aliphatic carbocycles. The van der Waals surface area contributed by atoms with Gasteiger partial charge in [0.05, 0.1) is 29.8 Å². The third-order valence-electron chi connectivity index (χ3n) is 3.40. The molecule has 0 unspecified atom stereocenters. The molecule has 1 aromatic rings. The van der Waals surface area contributed by atoms with Crippen LogP contribution in [0.1, 0.15) is 37.2 Å². The summed E-state index contributed by atoms with van der Waals surface area (Å²) in [4.78, 5) is 4.46. The average Bonchev–Trinajstić information content (AvgIpc) is 2.81. The van der Waals surface area contributed by atoms with Crippen molar-refractivity contribution >= 4 is 15.6 Å². The molecule has 0 atom stereocenters. The van der Waals surface area contributed by atoms with Crippen LogP contribution in [-0.4, -0.2) is 29.4 Å². The highest BCUT2D eigenvalue weighted by Gasteiger charge is 2.24. The third kappa shape index (κ3) is 1.94. The van der Waals surface area contributed by atoms with Crippen LogP contribution in [0.2, 0.25) is 0 Å². The fraction of sp³-hybridized carbons (Fsp3) is 0.583.